The molecule has 2 amide bonds. The minimum Gasteiger partial charge on any atom is -0.480 e. The van der Waals surface area contributed by atoms with Gasteiger partial charge >= 0.3 is 12.0 Å². The third-order valence-corrected chi connectivity index (χ3v) is 5.70. The molecule has 2 aliphatic rings. The van der Waals surface area contributed by atoms with E-state index in [2.05, 4.69) is 10.3 Å². The zero-order valence-electron chi connectivity index (χ0n) is 10.7. The SMILES string of the molecule is O=C(O)C1CSC(C2CC2)N1C(=O)NCc1nccs1. The summed E-state index contributed by atoms with van der Waals surface area (Å²) in [6.45, 7) is 0.349. The number of aliphatic carboxylic acids is 1. The number of carbonyl (C=O) groups is 2. The predicted molar refractivity (Wildman–Crippen MR) is 76.6 cm³/mol. The minimum atomic E-state index is -0.926. The monoisotopic (exact) mass is 313 g/mol. The molecule has 2 N–H and O–H groups in total. The Balaban J connectivity index is 1.67. The van der Waals surface area contributed by atoms with Crippen LogP contribution in [0.25, 0.3) is 0 Å². The van der Waals surface area contributed by atoms with Gasteiger partial charge in [0.05, 0.1) is 11.9 Å². The topological polar surface area (TPSA) is 82.5 Å². The Labute approximate surface area is 124 Å². The van der Waals surface area contributed by atoms with Crippen molar-refractivity contribution < 1.29 is 14.7 Å². The van der Waals surface area contributed by atoms with Crippen molar-refractivity contribution in [3.8, 4) is 0 Å². The van der Waals surface area contributed by atoms with Crippen LogP contribution < -0.4 is 5.32 Å². The number of hydrogen-bond donors (Lipinski definition) is 2. The van der Waals surface area contributed by atoms with Gasteiger partial charge in [0.15, 0.2) is 0 Å². The normalized spacial score (nSPS) is 25.7. The van der Waals surface area contributed by atoms with Gasteiger partial charge in [0.1, 0.15) is 11.0 Å². The Morgan fingerprint density at radius 2 is 2.30 bits per heavy atom. The number of rotatable bonds is 4. The van der Waals surface area contributed by atoms with Crippen LogP contribution in [-0.2, 0) is 11.3 Å². The van der Waals surface area contributed by atoms with Crippen molar-refractivity contribution in [1.82, 2.24) is 15.2 Å². The lowest BCUT2D eigenvalue weighted by atomic mass is 10.2. The van der Waals surface area contributed by atoms with Gasteiger partial charge in [0.25, 0.3) is 0 Å². The first kappa shape index (κ1) is 13.7. The quantitative estimate of drug-likeness (QED) is 0.882. The number of hydrogen-bond acceptors (Lipinski definition) is 5. The molecule has 20 heavy (non-hydrogen) atoms. The standard InChI is InChI=1S/C12H15N3O3S2/c16-11(17)8-6-20-10(7-1-2-7)15(8)12(18)14-5-9-13-3-4-19-9/h3-4,7-8,10H,1-2,5-6H2,(H,14,18)(H,16,17). The number of carboxylic acid groups (broad SMARTS) is 1. The summed E-state index contributed by atoms with van der Waals surface area (Å²) < 4.78 is 0. The maximum Gasteiger partial charge on any atom is 0.327 e. The Kier molecular flexibility index (Phi) is 3.84. The van der Waals surface area contributed by atoms with Crippen LogP contribution in [0.1, 0.15) is 17.8 Å². The molecular weight excluding hydrogens is 298 g/mol. The number of thioether (sulfide) groups is 1. The van der Waals surface area contributed by atoms with Gasteiger partial charge in [0, 0.05) is 17.3 Å². The summed E-state index contributed by atoms with van der Waals surface area (Å²) in [5, 5.41) is 14.7. The van der Waals surface area contributed by atoms with Gasteiger partial charge in [0.2, 0.25) is 0 Å². The van der Waals surface area contributed by atoms with Gasteiger partial charge < -0.3 is 10.4 Å². The number of carbonyl (C=O) groups excluding carboxylic acids is 1. The van der Waals surface area contributed by atoms with E-state index in [9.17, 15) is 14.7 Å². The van der Waals surface area contributed by atoms with Crippen LogP contribution in [-0.4, -0.2) is 44.2 Å². The highest BCUT2D eigenvalue weighted by Crippen LogP contribution is 2.45. The van der Waals surface area contributed by atoms with E-state index in [0.717, 1.165) is 17.8 Å². The van der Waals surface area contributed by atoms with Crippen molar-refractivity contribution in [1.29, 1.82) is 0 Å². The smallest absolute Gasteiger partial charge is 0.327 e. The van der Waals surface area contributed by atoms with Crippen LogP contribution in [0.5, 0.6) is 0 Å². The molecule has 1 aromatic heterocycles. The highest BCUT2D eigenvalue weighted by molar-refractivity contribution is 8.00. The van der Waals surface area contributed by atoms with E-state index in [1.54, 1.807) is 18.0 Å². The largest absolute Gasteiger partial charge is 0.480 e. The number of aromatic nitrogens is 1. The zero-order valence-corrected chi connectivity index (χ0v) is 12.3. The maximum absolute atomic E-state index is 12.3. The maximum atomic E-state index is 12.3. The fraction of sp³-hybridized carbons (Fsp3) is 0.583. The van der Waals surface area contributed by atoms with E-state index < -0.39 is 12.0 Å². The summed E-state index contributed by atoms with van der Waals surface area (Å²) in [5.41, 5.74) is 0. The molecule has 2 atom stereocenters. The Morgan fingerprint density at radius 1 is 1.50 bits per heavy atom. The molecule has 1 aliphatic carbocycles. The molecule has 2 unspecified atom stereocenters. The van der Waals surface area contributed by atoms with E-state index >= 15 is 0 Å². The van der Waals surface area contributed by atoms with Crippen molar-refractivity contribution >= 4 is 35.1 Å². The molecule has 2 heterocycles. The summed E-state index contributed by atoms with van der Waals surface area (Å²) in [4.78, 5) is 29.2. The predicted octanol–water partition coefficient (Wildman–Crippen LogP) is 1.59. The molecule has 1 saturated carbocycles. The van der Waals surface area contributed by atoms with Crippen molar-refractivity contribution in [2.24, 2.45) is 5.92 Å². The van der Waals surface area contributed by atoms with Crippen LogP contribution in [0.3, 0.4) is 0 Å². The van der Waals surface area contributed by atoms with Crippen LogP contribution in [0.4, 0.5) is 4.79 Å². The average Bonchev–Trinajstić information content (AvgIpc) is 2.97. The second-order valence-electron chi connectivity index (χ2n) is 4.91. The molecule has 1 aliphatic heterocycles. The molecule has 1 aromatic rings. The van der Waals surface area contributed by atoms with E-state index in [1.807, 2.05) is 5.38 Å². The number of thiazole rings is 1. The summed E-state index contributed by atoms with van der Waals surface area (Å²) in [5.74, 6) is 0.00117. The molecule has 8 heteroatoms. The van der Waals surface area contributed by atoms with E-state index in [1.165, 1.54) is 16.2 Å². The van der Waals surface area contributed by atoms with Crippen LogP contribution in [0.2, 0.25) is 0 Å². The summed E-state index contributed by atoms with van der Waals surface area (Å²) in [6, 6.07) is -1.02. The first-order valence-corrected chi connectivity index (χ1v) is 8.38. The number of urea groups is 1. The number of amides is 2. The average molecular weight is 313 g/mol. The lowest BCUT2D eigenvalue weighted by Crippen LogP contribution is -2.50. The third kappa shape index (κ3) is 2.76. The van der Waals surface area contributed by atoms with Crippen LogP contribution >= 0.6 is 23.1 Å². The third-order valence-electron chi connectivity index (χ3n) is 3.45. The number of nitrogens with zero attached hydrogens (tertiary/aromatic N) is 2. The zero-order chi connectivity index (χ0) is 14.1. The molecule has 0 radical (unpaired) electrons. The Bertz CT molecular complexity index is 504. The van der Waals surface area contributed by atoms with Crippen molar-refractivity contribution in [2.45, 2.75) is 30.8 Å². The van der Waals surface area contributed by atoms with Crippen LogP contribution in [0.15, 0.2) is 11.6 Å². The lowest BCUT2D eigenvalue weighted by Gasteiger charge is -2.27. The van der Waals surface area contributed by atoms with E-state index in [0.29, 0.717) is 18.2 Å². The minimum absolute atomic E-state index is 0.00685. The molecule has 0 spiro atoms. The highest BCUT2D eigenvalue weighted by atomic mass is 32.2. The van der Waals surface area contributed by atoms with Gasteiger partial charge in [-0.15, -0.1) is 23.1 Å². The molecule has 1 saturated heterocycles. The lowest BCUT2D eigenvalue weighted by molar-refractivity contribution is -0.141. The van der Waals surface area contributed by atoms with Crippen molar-refractivity contribution in [3.05, 3.63) is 16.6 Å². The molecular formula is C12H15N3O3S2. The van der Waals surface area contributed by atoms with Gasteiger partial charge in [-0.25, -0.2) is 14.6 Å². The second-order valence-corrected chi connectivity index (χ2v) is 7.04. The molecule has 0 bridgehead atoms. The second kappa shape index (κ2) is 5.61. The summed E-state index contributed by atoms with van der Waals surface area (Å²) >= 11 is 3.05. The van der Waals surface area contributed by atoms with Gasteiger partial charge in [-0.3, -0.25) is 4.90 Å². The molecule has 6 nitrogen and oxygen atoms in total. The van der Waals surface area contributed by atoms with Crippen LogP contribution in [0, 0.1) is 5.92 Å². The van der Waals surface area contributed by atoms with Crippen molar-refractivity contribution in [3.63, 3.8) is 0 Å². The van der Waals surface area contributed by atoms with Gasteiger partial charge in [-0.2, -0.15) is 0 Å². The molecule has 3 rings (SSSR count). The Hall–Kier alpha value is -1.28. The summed E-state index contributed by atoms with van der Waals surface area (Å²) in [6.07, 6.45) is 3.85. The first-order valence-electron chi connectivity index (χ1n) is 6.46. The fourth-order valence-electron chi connectivity index (χ4n) is 2.30. The highest BCUT2D eigenvalue weighted by Gasteiger charge is 2.48. The Morgan fingerprint density at radius 3 is 2.90 bits per heavy atom. The first-order chi connectivity index (χ1) is 9.66. The number of nitrogens with one attached hydrogen (secondary N) is 1. The van der Waals surface area contributed by atoms with Gasteiger partial charge in [-0.05, 0) is 18.8 Å². The van der Waals surface area contributed by atoms with E-state index in [-0.39, 0.29) is 11.4 Å². The molecule has 0 aromatic carbocycles. The fourth-order valence-corrected chi connectivity index (χ4v) is 4.49. The van der Waals surface area contributed by atoms with Crippen molar-refractivity contribution in [2.75, 3.05) is 5.75 Å². The number of carboxylic acids is 1. The van der Waals surface area contributed by atoms with E-state index in [4.69, 9.17) is 0 Å². The van der Waals surface area contributed by atoms with Gasteiger partial charge in [-0.1, -0.05) is 0 Å². The summed E-state index contributed by atoms with van der Waals surface area (Å²) in [7, 11) is 0. The molecule has 2 fully saturated rings. The molecule has 108 valence electrons.